The third-order valence-electron chi connectivity index (χ3n) is 4.55. The molecule has 0 fully saturated rings. The van der Waals surface area contributed by atoms with E-state index in [-0.39, 0.29) is 0 Å². The fraction of sp³-hybridized carbons (Fsp3) is 0.400. The topological polar surface area (TPSA) is 12.0 Å². The molecule has 1 nitrogen and oxygen atoms in total. The van der Waals surface area contributed by atoms with Gasteiger partial charge in [0, 0.05) is 6.04 Å². The van der Waals surface area contributed by atoms with Gasteiger partial charge in [-0.1, -0.05) is 55.5 Å². The first-order valence-electron chi connectivity index (χ1n) is 7.94. The van der Waals surface area contributed by atoms with Crippen molar-refractivity contribution >= 4 is 0 Å². The number of hydrogen-bond donors (Lipinski definition) is 1. The summed E-state index contributed by atoms with van der Waals surface area (Å²) in [6.45, 7) is 6.65. The van der Waals surface area contributed by atoms with E-state index in [1.807, 2.05) is 0 Å². The SMILES string of the molecule is CCC(c1ccccc1)C(Cc1ccc(C)c(C)c1)NC. The van der Waals surface area contributed by atoms with Crippen molar-refractivity contribution in [1.29, 1.82) is 0 Å². The maximum absolute atomic E-state index is 3.53. The zero-order valence-electron chi connectivity index (χ0n) is 13.7. The highest BCUT2D eigenvalue weighted by Crippen LogP contribution is 2.26. The lowest BCUT2D eigenvalue weighted by atomic mass is 9.85. The average molecular weight is 281 g/mol. The highest BCUT2D eigenvalue weighted by molar-refractivity contribution is 5.31. The Hall–Kier alpha value is -1.60. The normalized spacial score (nSPS) is 13.9. The smallest absolute Gasteiger partial charge is 0.0173 e. The van der Waals surface area contributed by atoms with Crippen molar-refractivity contribution in [3.05, 3.63) is 70.8 Å². The summed E-state index contributed by atoms with van der Waals surface area (Å²) in [6, 6.07) is 18.2. The van der Waals surface area contributed by atoms with Crippen LogP contribution in [0, 0.1) is 13.8 Å². The molecule has 1 N–H and O–H groups in total. The molecule has 0 spiro atoms. The average Bonchev–Trinajstić information content (AvgIpc) is 2.51. The summed E-state index contributed by atoms with van der Waals surface area (Å²) in [6.07, 6.45) is 2.23. The Bertz CT molecular complexity index is 559. The summed E-state index contributed by atoms with van der Waals surface area (Å²) >= 11 is 0. The molecule has 0 aliphatic carbocycles. The van der Waals surface area contributed by atoms with Crippen LogP contribution in [-0.2, 0) is 6.42 Å². The lowest BCUT2D eigenvalue weighted by Gasteiger charge is -2.27. The molecule has 0 aromatic heterocycles. The lowest BCUT2D eigenvalue weighted by molar-refractivity contribution is 0.448. The summed E-state index contributed by atoms with van der Waals surface area (Å²) in [7, 11) is 2.08. The van der Waals surface area contributed by atoms with Gasteiger partial charge in [0.1, 0.15) is 0 Å². The Morgan fingerprint density at radius 1 is 0.952 bits per heavy atom. The second kappa shape index (κ2) is 7.42. The van der Waals surface area contributed by atoms with Crippen LogP contribution in [0.25, 0.3) is 0 Å². The Morgan fingerprint density at radius 2 is 1.67 bits per heavy atom. The first-order chi connectivity index (χ1) is 10.2. The van der Waals surface area contributed by atoms with Gasteiger partial charge in [-0.25, -0.2) is 0 Å². The van der Waals surface area contributed by atoms with Gasteiger partial charge in [-0.2, -0.15) is 0 Å². The van der Waals surface area contributed by atoms with E-state index in [1.165, 1.54) is 22.3 Å². The van der Waals surface area contributed by atoms with Crippen LogP contribution in [0.3, 0.4) is 0 Å². The molecule has 0 bridgehead atoms. The minimum atomic E-state index is 0.472. The third-order valence-corrected chi connectivity index (χ3v) is 4.55. The third kappa shape index (κ3) is 3.95. The van der Waals surface area contributed by atoms with Gasteiger partial charge >= 0.3 is 0 Å². The minimum Gasteiger partial charge on any atom is -0.316 e. The molecule has 2 unspecified atom stereocenters. The summed E-state index contributed by atoms with van der Waals surface area (Å²) in [5.74, 6) is 0.554. The first kappa shape index (κ1) is 15.8. The number of rotatable bonds is 6. The van der Waals surface area contributed by atoms with Gasteiger partial charge < -0.3 is 5.32 Å². The van der Waals surface area contributed by atoms with Crippen molar-refractivity contribution in [2.24, 2.45) is 0 Å². The maximum atomic E-state index is 3.53. The number of likely N-dealkylation sites (N-methyl/N-ethyl adjacent to an activating group) is 1. The van der Waals surface area contributed by atoms with E-state index in [0.29, 0.717) is 12.0 Å². The largest absolute Gasteiger partial charge is 0.316 e. The van der Waals surface area contributed by atoms with Gasteiger partial charge in [-0.05, 0) is 61.9 Å². The first-order valence-corrected chi connectivity index (χ1v) is 7.94. The molecule has 112 valence electrons. The van der Waals surface area contributed by atoms with Crippen molar-refractivity contribution in [3.8, 4) is 0 Å². The Kier molecular flexibility index (Phi) is 5.58. The van der Waals surface area contributed by atoms with Gasteiger partial charge in [-0.15, -0.1) is 0 Å². The monoisotopic (exact) mass is 281 g/mol. The number of aryl methyl sites for hydroxylation is 2. The second-order valence-electron chi connectivity index (χ2n) is 5.94. The molecule has 21 heavy (non-hydrogen) atoms. The van der Waals surface area contributed by atoms with Crippen LogP contribution < -0.4 is 5.32 Å². The van der Waals surface area contributed by atoms with Gasteiger partial charge in [0.25, 0.3) is 0 Å². The van der Waals surface area contributed by atoms with Gasteiger partial charge in [0.2, 0.25) is 0 Å². The van der Waals surface area contributed by atoms with Crippen LogP contribution in [0.5, 0.6) is 0 Å². The van der Waals surface area contributed by atoms with Crippen LogP contribution in [0.1, 0.15) is 41.5 Å². The van der Waals surface area contributed by atoms with Crippen molar-refractivity contribution in [2.75, 3.05) is 7.05 Å². The Balaban J connectivity index is 2.19. The molecule has 2 aromatic rings. The zero-order chi connectivity index (χ0) is 15.2. The van der Waals surface area contributed by atoms with Crippen LogP contribution in [-0.4, -0.2) is 13.1 Å². The van der Waals surface area contributed by atoms with E-state index < -0.39 is 0 Å². The van der Waals surface area contributed by atoms with E-state index in [2.05, 4.69) is 81.7 Å². The predicted molar refractivity (Wildman–Crippen MR) is 91.9 cm³/mol. The van der Waals surface area contributed by atoms with Gasteiger partial charge in [-0.3, -0.25) is 0 Å². The van der Waals surface area contributed by atoms with Crippen LogP contribution in [0.2, 0.25) is 0 Å². The molecule has 0 heterocycles. The van der Waals surface area contributed by atoms with E-state index in [4.69, 9.17) is 0 Å². The molecule has 0 amide bonds. The van der Waals surface area contributed by atoms with Gasteiger partial charge in [0.05, 0.1) is 0 Å². The molecule has 0 aliphatic heterocycles. The molecule has 0 saturated carbocycles. The van der Waals surface area contributed by atoms with Crippen LogP contribution in [0.15, 0.2) is 48.5 Å². The quantitative estimate of drug-likeness (QED) is 0.814. The fourth-order valence-corrected chi connectivity index (χ4v) is 3.08. The minimum absolute atomic E-state index is 0.472. The maximum Gasteiger partial charge on any atom is 0.0173 e. The van der Waals surface area contributed by atoms with Crippen molar-refractivity contribution < 1.29 is 0 Å². The molecule has 0 saturated heterocycles. The summed E-state index contributed by atoms with van der Waals surface area (Å²) in [5, 5.41) is 3.53. The number of benzene rings is 2. The second-order valence-corrected chi connectivity index (χ2v) is 5.94. The number of hydrogen-bond acceptors (Lipinski definition) is 1. The highest BCUT2D eigenvalue weighted by Gasteiger charge is 2.20. The van der Waals surface area contributed by atoms with E-state index >= 15 is 0 Å². The molecule has 0 aliphatic rings. The van der Waals surface area contributed by atoms with Crippen molar-refractivity contribution in [3.63, 3.8) is 0 Å². The molecule has 2 rings (SSSR count). The van der Waals surface area contributed by atoms with Crippen molar-refractivity contribution in [1.82, 2.24) is 5.32 Å². The Morgan fingerprint density at radius 3 is 2.24 bits per heavy atom. The predicted octanol–water partition coefficient (Wildman–Crippen LogP) is 4.63. The van der Waals surface area contributed by atoms with Crippen LogP contribution in [0.4, 0.5) is 0 Å². The van der Waals surface area contributed by atoms with E-state index in [0.717, 1.165) is 12.8 Å². The van der Waals surface area contributed by atoms with Gasteiger partial charge in [0.15, 0.2) is 0 Å². The van der Waals surface area contributed by atoms with E-state index in [9.17, 15) is 0 Å². The summed E-state index contributed by atoms with van der Waals surface area (Å²) in [4.78, 5) is 0. The molecular weight excluding hydrogens is 254 g/mol. The molecule has 1 heteroatoms. The zero-order valence-corrected chi connectivity index (χ0v) is 13.7. The highest BCUT2D eigenvalue weighted by atomic mass is 14.9. The molecule has 2 aromatic carbocycles. The standard InChI is InChI=1S/C20H27N/c1-5-19(18-9-7-6-8-10-18)20(21-4)14-17-12-11-15(2)16(3)13-17/h6-13,19-21H,5,14H2,1-4H3. The van der Waals surface area contributed by atoms with Crippen LogP contribution >= 0.6 is 0 Å². The molecule has 2 atom stereocenters. The lowest BCUT2D eigenvalue weighted by Crippen LogP contribution is -2.34. The summed E-state index contributed by atoms with van der Waals surface area (Å²) < 4.78 is 0. The van der Waals surface area contributed by atoms with Crippen molar-refractivity contribution in [2.45, 2.75) is 45.6 Å². The number of nitrogens with one attached hydrogen (secondary N) is 1. The van der Waals surface area contributed by atoms with E-state index in [1.54, 1.807) is 0 Å². The molecule has 0 radical (unpaired) electrons. The Labute approximate surface area is 129 Å². The molecular formula is C20H27N. The fourth-order valence-electron chi connectivity index (χ4n) is 3.08. The summed E-state index contributed by atoms with van der Waals surface area (Å²) in [5.41, 5.74) is 5.61.